The molecule has 0 bridgehead atoms. The van der Waals surface area contributed by atoms with Gasteiger partial charge in [-0.3, -0.25) is 0 Å². The zero-order valence-corrected chi connectivity index (χ0v) is 12.3. The minimum Gasteiger partial charge on any atom is -0.392 e. The Morgan fingerprint density at radius 3 is 2.57 bits per heavy atom. The van der Waals surface area contributed by atoms with E-state index in [0.29, 0.717) is 18.9 Å². The minimum atomic E-state index is -4.66. The normalized spacial score (nSPS) is 21.5. The number of hydrogen-bond acceptors (Lipinski definition) is 3. The van der Waals surface area contributed by atoms with Gasteiger partial charge in [-0.05, 0) is 31.0 Å². The maximum atomic E-state index is 12.7. The Bertz CT molecular complexity index is 633. The van der Waals surface area contributed by atoms with Crippen molar-refractivity contribution in [2.75, 3.05) is 13.1 Å². The summed E-state index contributed by atoms with van der Waals surface area (Å²) in [6.45, 7) is 0.000868. The lowest BCUT2D eigenvalue weighted by molar-refractivity contribution is -0.137. The molecule has 1 N–H and O–H groups in total. The number of benzene rings is 1. The first kappa shape index (κ1) is 16.5. The molecule has 0 spiro atoms. The molecule has 1 heterocycles. The van der Waals surface area contributed by atoms with Crippen molar-refractivity contribution >= 4 is 21.6 Å². The van der Waals surface area contributed by atoms with Crippen LogP contribution in [0.3, 0.4) is 0 Å². The first-order valence-electron chi connectivity index (χ1n) is 6.17. The zero-order valence-electron chi connectivity index (χ0n) is 10.8. The van der Waals surface area contributed by atoms with Crippen LogP contribution in [0.15, 0.2) is 23.1 Å². The van der Waals surface area contributed by atoms with Crippen LogP contribution in [-0.4, -0.2) is 37.0 Å². The molecular formula is C12H13ClF3NO3S. The van der Waals surface area contributed by atoms with E-state index in [9.17, 15) is 26.7 Å². The van der Waals surface area contributed by atoms with E-state index < -0.39 is 32.8 Å². The SMILES string of the molecule is O=S(=O)(c1cc(C(F)(F)F)ccc1Cl)N1CCCC(O)C1. The van der Waals surface area contributed by atoms with Gasteiger partial charge in [0.05, 0.1) is 16.7 Å². The maximum absolute atomic E-state index is 12.7. The number of nitrogens with zero attached hydrogens (tertiary/aromatic N) is 1. The van der Waals surface area contributed by atoms with Crippen molar-refractivity contribution in [3.63, 3.8) is 0 Å². The van der Waals surface area contributed by atoms with Crippen LogP contribution in [-0.2, 0) is 16.2 Å². The largest absolute Gasteiger partial charge is 0.416 e. The van der Waals surface area contributed by atoms with Gasteiger partial charge < -0.3 is 5.11 Å². The molecule has 1 aliphatic heterocycles. The molecule has 0 aliphatic carbocycles. The average molecular weight is 344 g/mol. The predicted octanol–water partition coefficient (Wildman–Crippen LogP) is 2.50. The Morgan fingerprint density at radius 1 is 1.33 bits per heavy atom. The Hall–Kier alpha value is -0.830. The first-order chi connectivity index (χ1) is 9.62. The van der Waals surface area contributed by atoms with E-state index in [1.807, 2.05) is 0 Å². The lowest BCUT2D eigenvalue weighted by atomic mass is 10.1. The number of aliphatic hydroxyl groups is 1. The van der Waals surface area contributed by atoms with Crippen molar-refractivity contribution in [1.29, 1.82) is 0 Å². The third kappa shape index (κ3) is 3.50. The van der Waals surface area contributed by atoms with Gasteiger partial charge in [-0.1, -0.05) is 11.6 Å². The number of piperidine rings is 1. The second kappa shape index (κ2) is 5.75. The van der Waals surface area contributed by atoms with Crippen LogP contribution in [0, 0.1) is 0 Å². The van der Waals surface area contributed by atoms with Gasteiger partial charge in [0.2, 0.25) is 10.0 Å². The van der Waals surface area contributed by atoms with Crippen molar-refractivity contribution in [3.8, 4) is 0 Å². The van der Waals surface area contributed by atoms with Crippen LogP contribution in [0.5, 0.6) is 0 Å². The second-order valence-corrected chi connectivity index (χ2v) is 7.12. The van der Waals surface area contributed by atoms with Crippen LogP contribution in [0.4, 0.5) is 13.2 Å². The molecule has 4 nitrogen and oxygen atoms in total. The van der Waals surface area contributed by atoms with Gasteiger partial charge in [0.15, 0.2) is 0 Å². The van der Waals surface area contributed by atoms with Crippen molar-refractivity contribution in [1.82, 2.24) is 4.31 Å². The Labute approximate surface area is 125 Å². The molecule has 1 aliphatic rings. The summed E-state index contributed by atoms with van der Waals surface area (Å²) in [6.07, 6.45) is -4.58. The number of sulfonamides is 1. The molecule has 0 amide bonds. The fourth-order valence-electron chi connectivity index (χ4n) is 2.16. The van der Waals surface area contributed by atoms with E-state index in [4.69, 9.17) is 11.6 Å². The standard InChI is InChI=1S/C12H13ClF3NO3S/c13-10-4-3-8(12(14,15)16)6-11(10)21(19,20)17-5-1-2-9(18)7-17/h3-4,6,9,18H,1-2,5,7H2. The Morgan fingerprint density at radius 2 is 2.00 bits per heavy atom. The van der Waals surface area contributed by atoms with E-state index in [1.54, 1.807) is 0 Å². The second-order valence-electron chi connectivity index (χ2n) is 4.80. The maximum Gasteiger partial charge on any atom is 0.416 e. The molecule has 0 radical (unpaired) electrons. The van der Waals surface area contributed by atoms with Crippen molar-refractivity contribution < 1.29 is 26.7 Å². The summed E-state index contributed by atoms with van der Waals surface area (Å²) in [5, 5.41) is 9.25. The minimum absolute atomic E-state index is 0.144. The summed E-state index contributed by atoms with van der Waals surface area (Å²) in [6, 6.07) is 2.17. The zero-order chi connectivity index (χ0) is 15.8. The van der Waals surface area contributed by atoms with Crippen molar-refractivity contribution in [2.45, 2.75) is 30.0 Å². The molecule has 0 aromatic heterocycles. The molecule has 1 fully saturated rings. The third-order valence-corrected chi connectivity index (χ3v) is 5.58. The fourth-order valence-corrected chi connectivity index (χ4v) is 4.17. The van der Waals surface area contributed by atoms with E-state index in [0.717, 1.165) is 16.4 Å². The summed E-state index contributed by atoms with van der Waals surface area (Å²) < 4.78 is 63.9. The topological polar surface area (TPSA) is 57.6 Å². The molecule has 2 rings (SSSR count). The highest BCUT2D eigenvalue weighted by atomic mass is 35.5. The van der Waals surface area contributed by atoms with Gasteiger partial charge in [-0.2, -0.15) is 17.5 Å². The van der Waals surface area contributed by atoms with Gasteiger partial charge in [-0.15, -0.1) is 0 Å². The monoisotopic (exact) mass is 343 g/mol. The molecule has 1 aromatic rings. The lowest BCUT2D eigenvalue weighted by Crippen LogP contribution is -2.42. The lowest BCUT2D eigenvalue weighted by Gasteiger charge is -2.29. The number of halogens is 4. The van der Waals surface area contributed by atoms with E-state index in [-0.39, 0.29) is 18.1 Å². The number of rotatable bonds is 2. The summed E-state index contributed by atoms with van der Waals surface area (Å²) in [7, 11) is -4.17. The molecule has 1 saturated heterocycles. The first-order valence-corrected chi connectivity index (χ1v) is 7.99. The quantitative estimate of drug-likeness (QED) is 0.897. The van der Waals surface area contributed by atoms with Crippen LogP contribution >= 0.6 is 11.6 Å². The number of alkyl halides is 3. The summed E-state index contributed by atoms with van der Waals surface area (Å²) in [5.41, 5.74) is -1.08. The fraction of sp³-hybridized carbons (Fsp3) is 0.500. The smallest absolute Gasteiger partial charge is 0.392 e. The Kier molecular flexibility index (Phi) is 4.53. The van der Waals surface area contributed by atoms with E-state index >= 15 is 0 Å². The molecule has 118 valence electrons. The van der Waals surface area contributed by atoms with Crippen LogP contribution in [0.1, 0.15) is 18.4 Å². The third-order valence-electron chi connectivity index (χ3n) is 3.24. The number of β-amino-alcohol motifs (C(OH)–C–C–N with tert-alkyl or cyclic N) is 1. The number of hydrogen-bond donors (Lipinski definition) is 1. The van der Waals surface area contributed by atoms with Crippen LogP contribution < -0.4 is 0 Å². The highest BCUT2D eigenvalue weighted by Gasteiger charge is 2.35. The summed E-state index contributed by atoms with van der Waals surface area (Å²) in [5.74, 6) is 0. The van der Waals surface area contributed by atoms with E-state index in [1.165, 1.54) is 0 Å². The van der Waals surface area contributed by atoms with Gasteiger partial charge in [0.25, 0.3) is 0 Å². The Balaban J connectivity index is 2.44. The molecule has 0 saturated carbocycles. The van der Waals surface area contributed by atoms with Gasteiger partial charge in [0, 0.05) is 13.1 Å². The highest BCUT2D eigenvalue weighted by molar-refractivity contribution is 7.89. The molecule has 21 heavy (non-hydrogen) atoms. The van der Waals surface area contributed by atoms with Crippen LogP contribution in [0.25, 0.3) is 0 Å². The molecule has 9 heteroatoms. The van der Waals surface area contributed by atoms with Gasteiger partial charge in [0.1, 0.15) is 4.90 Å². The summed E-state index contributed by atoms with van der Waals surface area (Å²) in [4.78, 5) is -0.590. The highest BCUT2D eigenvalue weighted by Crippen LogP contribution is 2.34. The van der Waals surface area contributed by atoms with Crippen LogP contribution in [0.2, 0.25) is 5.02 Å². The van der Waals surface area contributed by atoms with E-state index in [2.05, 4.69) is 0 Å². The number of aliphatic hydroxyl groups excluding tert-OH is 1. The average Bonchev–Trinajstić information content (AvgIpc) is 2.37. The van der Waals surface area contributed by atoms with Gasteiger partial charge in [-0.25, -0.2) is 8.42 Å². The molecular weight excluding hydrogens is 331 g/mol. The van der Waals surface area contributed by atoms with Gasteiger partial charge >= 0.3 is 6.18 Å². The predicted molar refractivity (Wildman–Crippen MR) is 70.5 cm³/mol. The molecule has 1 atom stereocenters. The molecule has 1 aromatic carbocycles. The summed E-state index contributed by atoms with van der Waals surface area (Å²) >= 11 is 5.75. The van der Waals surface area contributed by atoms with Crippen molar-refractivity contribution in [2.24, 2.45) is 0 Å². The molecule has 1 unspecified atom stereocenters. The van der Waals surface area contributed by atoms with Crippen molar-refractivity contribution in [3.05, 3.63) is 28.8 Å².